The molecule has 27 heavy (non-hydrogen) atoms. The number of anilines is 1. The van der Waals surface area contributed by atoms with Crippen LogP contribution >= 0.6 is 0 Å². The molecule has 1 aromatic carbocycles. The lowest BCUT2D eigenvalue weighted by atomic mass is 10.2. The summed E-state index contributed by atoms with van der Waals surface area (Å²) in [5.41, 5.74) is 1.20. The van der Waals surface area contributed by atoms with E-state index in [0.717, 1.165) is 12.3 Å². The summed E-state index contributed by atoms with van der Waals surface area (Å²) in [5.74, 6) is 0.122. The van der Waals surface area contributed by atoms with Gasteiger partial charge in [-0.1, -0.05) is 0 Å². The van der Waals surface area contributed by atoms with Crippen LogP contribution < -0.4 is 15.4 Å². The zero-order valence-electron chi connectivity index (χ0n) is 16.2. The molecule has 2 aromatic rings. The Balaban J connectivity index is 1.99. The van der Waals surface area contributed by atoms with Gasteiger partial charge >= 0.3 is 0 Å². The molecule has 0 aliphatic heterocycles. The van der Waals surface area contributed by atoms with Crippen LogP contribution in [0.4, 0.5) is 5.69 Å². The lowest BCUT2D eigenvalue weighted by Gasteiger charge is -2.11. The van der Waals surface area contributed by atoms with Crippen molar-refractivity contribution in [3.8, 4) is 5.75 Å². The number of rotatable bonds is 8. The van der Waals surface area contributed by atoms with Crippen molar-refractivity contribution < 1.29 is 14.3 Å². The van der Waals surface area contributed by atoms with Gasteiger partial charge in [-0.05, 0) is 64.3 Å². The zero-order valence-corrected chi connectivity index (χ0v) is 16.2. The van der Waals surface area contributed by atoms with Gasteiger partial charge in [0.25, 0.3) is 11.8 Å². The lowest BCUT2D eigenvalue weighted by molar-refractivity contribution is 0.0951. The first-order valence-electron chi connectivity index (χ1n) is 8.82. The molecule has 7 heteroatoms. The van der Waals surface area contributed by atoms with Gasteiger partial charge < -0.3 is 20.3 Å². The maximum atomic E-state index is 12.4. The van der Waals surface area contributed by atoms with Gasteiger partial charge in [-0.25, -0.2) is 0 Å². The molecule has 0 saturated heterocycles. The van der Waals surface area contributed by atoms with Crippen LogP contribution in [-0.4, -0.2) is 55.0 Å². The van der Waals surface area contributed by atoms with E-state index in [1.165, 1.54) is 12.3 Å². The van der Waals surface area contributed by atoms with Crippen LogP contribution in [-0.2, 0) is 0 Å². The summed E-state index contributed by atoms with van der Waals surface area (Å²) < 4.78 is 5.58. The molecular formula is C20H26N4O3. The highest BCUT2D eigenvalue weighted by atomic mass is 16.5. The van der Waals surface area contributed by atoms with Crippen molar-refractivity contribution in [2.24, 2.45) is 0 Å². The molecule has 0 aliphatic carbocycles. The van der Waals surface area contributed by atoms with Crippen molar-refractivity contribution in [2.75, 3.05) is 32.5 Å². The summed E-state index contributed by atoms with van der Waals surface area (Å²) in [6.45, 7) is 5.16. The Labute approximate surface area is 159 Å². The van der Waals surface area contributed by atoms with Gasteiger partial charge in [0.15, 0.2) is 0 Å². The molecule has 7 nitrogen and oxygen atoms in total. The third kappa shape index (κ3) is 6.71. The molecule has 0 atom stereocenters. The Kier molecular flexibility index (Phi) is 7.31. The van der Waals surface area contributed by atoms with Gasteiger partial charge in [0, 0.05) is 30.5 Å². The van der Waals surface area contributed by atoms with E-state index in [-0.39, 0.29) is 23.6 Å². The fourth-order valence-corrected chi connectivity index (χ4v) is 2.28. The van der Waals surface area contributed by atoms with Gasteiger partial charge in [0.2, 0.25) is 0 Å². The maximum Gasteiger partial charge on any atom is 0.274 e. The number of nitrogens with one attached hydrogen (secondary N) is 2. The van der Waals surface area contributed by atoms with Gasteiger partial charge in [-0.3, -0.25) is 14.6 Å². The summed E-state index contributed by atoms with van der Waals surface area (Å²) in [7, 11) is 3.87. The number of carbonyl (C=O) groups is 2. The fourth-order valence-electron chi connectivity index (χ4n) is 2.28. The molecular weight excluding hydrogens is 344 g/mol. The van der Waals surface area contributed by atoms with E-state index in [4.69, 9.17) is 4.74 Å². The van der Waals surface area contributed by atoms with Gasteiger partial charge in [-0.15, -0.1) is 0 Å². The van der Waals surface area contributed by atoms with Crippen LogP contribution in [0.1, 0.15) is 34.7 Å². The standard InChI is InChI=1S/C20H26N4O3/c1-14(2)27-17-7-5-16(6-8-17)23-20(26)18-13-15(9-10-21-18)19(25)22-11-12-24(3)4/h5-10,13-14H,11-12H2,1-4H3,(H,22,25)(H,23,26). The van der Waals surface area contributed by atoms with Crippen molar-refractivity contribution >= 4 is 17.5 Å². The highest BCUT2D eigenvalue weighted by Gasteiger charge is 2.12. The van der Waals surface area contributed by atoms with Crippen LogP contribution in [0.5, 0.6) is 5.75 Å². The van der Waals surface area contributed by atoms with E-state index in [1.807, 2.05) is 32.8 Å². The van der Waals surface area contributed by atoms with Gasteiger partial charge in [-0.2, -0.15) is 0 Å². The Hall–Kier alpha value is -2.93. The fraction of sp³-hybridized carbons (Fsp3) is 0.350. The number of hydrogen-bond donors (Lipinski definition) is 2. The number of likely N-dealkylation sites (N-methyl/N-ethyl adjacent to an activating group) is 1. The predicted octanol–water partition coefficient (Wildman–Crippen LogP) is 2.41. The molecule has 0 spiro atoms. The molecule has 0 saturated carbocycles. The molecule has 0 unspecified atom stereocenters. The molecule has 1 heterocycles. The number of amides is 2. The first kappa shape index (κ1) is 20.4. The minimum atomic E-state index is -0.379. The average molecular weight is 370 g/mol. The number of benzene rings is 1. The Morgan fingerprint density at radius 3 is 2.44 bits per heavy atom. The summed E-state index contributed by atoms with van der Waals surface area (Å²) >= 11 is 0. The minimum absolute atomic E-state index is 0.0845. The van der Waals surface area contributed by atoms with Crippen LogP contribution in [0.15, 0.2) is 42.6 Å². The van der Waals surface area contributed by atoms with E-state index in [9.17, 15) is 9.59 Å². The van der Waals surface area contributed by atoms with Crippen LogP contribution in [0.3, 0.4) is 0 Å². The topological polar surface area (TPSA) is 83.6 Å². The maximum absolute atomic E-state index is 12.4. The Morgan fingerprint density at radius 2 is 1.81 bits per heavy atom. The molecule has 0 radical (unpaired) electrons. The largest absolute Gasteiger partial charge is 0.491 e. The molecule has 0 fully saturated rings. The van der Waals surface area contributed by atoms with Crippen LogP contribution in [0.2, 0.25) is 0 Å². The van der Waals surface area contributed by atoms with E-state index in [1.54, 1.807) is 30.3 Å². The Morgan fingerprint density at radius 1 is 1.11 bits per heavy atom. The second-order valence-corrected chi connectivity index (χ2v) is 6.63. The number of aromatic nitrogens is 1. The smallest absolute Gasteiger partial charge is 0.274 e. The number of nitrogens with zero attached hydrogens (tertiary/aromatic N) is 2. The quantitative estimate of drug-likeness (QED) is 0.746. The number of pyridine rings is 1. The molecule has 0 bridgehead atoms. The van der Waals surface area contributed by atoms with Crippen molar-refractivity contribution in [2.45, 2.75) is 20.0 Å². The van der Waals surface area contributed by atoms with Crippen molar-refractivity contribution in [3.05, 3.63) is 53.9 Å². The zero-order chi connectivity index (χ0) is 19.8. The van der Waals surface area contributed by atoms with Gasteiger partial charge in [0.05, 0.1) is 6.10 Å². The summed E-state index contributed by atoms with van der Waals surface area (Å²) in [6.07, 6.45) is 1.54. The highest BCUT2D eigenvalue weighted by Crippen LogP contribution is 2.17. The summed E-state index contributed by atoms with van der Waals surface area (Å²) in [6, 6.07) is 10.2. The molecule has 0 aliphatic rings. The first-order chi connectivity index (χ1) is 12.8. The number of hydrogen-bond acceptors (Lipinski definition) is 5. The van der Waals surface area contributed by atoms with Crippen molar-refractivity contribution in [3.63, 3.8) is 0 Å². The molecule has 2 N–H and O–H groups in total. The minimum Gasteiger partial charge on any atom is -0.491 e. The summed E-state index contributed by atoms with van der Waals surface area (Å²) in [5, 5.41) is 5.58. The second-order valence-electron chi connectivity index (χ2n) is 6.63. The van der Waals surface area contributed by atoms with Crippen LogP contribution in [0.25, 0.3) is 0 Å². The molecule has 1 aromatic heterocycles. The average Bonchev–Trinajstić information content (AvgIpc) is 2.62. The van der Waals surface area contributed by atoms with Gasteiger partial charge in [0.1, 0.15) is 11.4 Å². The van der Waals surface area contributed by atoms with Crippen LogP contribution in [0, 0.1) is 0 Å². The van der Waals surface area contributed by atoms with Crippen molar-refractivity contribution in [1.29, 1.82) is 0 Å². The lowest BCUT2D eigenvalue weighted by Crippen LogP contribution is -2.31. The predicted molar refractivity (Wildman–Crippen MR) is 105 cm³/mol. The Bertz CT molecular complexity index is 773. The molecule has 2 amide bonds. The second kappa shape index (κ2) is 9.68. The number of carbonyl (C=O) groups excluding carboxylic acids is 2. The van der Waals surface area contributed by atoms with Crippen molar-refractivity contribution in [1.82, 2.24) is 15.2 Å². The summed E-state index contributed by atoms with van der Waals surface area (Å²) in [4.78, 5) is 30.6. The third-order valence-electron chi connectivity index (χ3n) is 3.58. The van der Waals surface area contributed by atoms with E-state index < -0.39 is 0 Å². The monoisotopic (exact) mass is 370 g/mol. The van der Waals surface area contributed by atoms with E-state index in [2.05, 4.69) is 15.6 Å². The molecule has 2 rings (SSSR count). The number of ether oxygens (including phenoxy) is 1. The SMILES string of the molecule is CC(C)Oc1ccc(NC(=O)c2cc(C(=O)NCCN(C)C)ccn2)cc1. The van der Waals surface area contributed by atoms with E-state index in [0.29, 0.717) is 17.8 Å². The molecule has 144 valence electrons. The normalized spacial score (nSPS) is 10.7. The van der Waals surface area contributed by atoms with E-state index >= 15 is 0 Å². The third-order valence-corrected chi connectivity index (χ3v) is 3.58. The highest BCUT2D eigenvalue weighted by molar-refractivity contribution is 6.04. The first-order valence-corrected chi connectivity index (χ1v) is 8.82.